The number of nitrogens with zero attached hydrogens (tertiary/aromatic N) is 4. The van der Waals surface area contributed by atoms with E-state index in [-0.39, 0.29) is 11.7 Å². The van der Waals surface area contributed by atoms with E-state index in [1.165, 1.54) is 17.7 Å². The van der Waals surface area contributed by atoms with Gasteiger partial charge in [-0.2, -0.15) is 0 Å². The topological polar surface area (TPSA) is 30.0 Å². The first-order chi connectivity index (χ1) is 17.5. The van der Waals surface area contributed by atoms with Crippen LogP contribution in [0.4, 0.5) is 4.39 Å². The van der Waals surface area contributed by atoms with Gasteiger partial charge >= 0.3 is 0 Å². The van der Waals surface area contributed by atoms with Crippen molar-refractivity contribution in [3.8, 4) is 0 Å². The molecular formula is C29H34ClFN4O. The lowest BCUT2D eigenvalue weighted by Crippen LogP contribution is -2.49. The highest BCUT2D eigenvalue weighted by atomic mass is 35.5. The summed E-state index contributed by atoms with van der Waals surface area (Å²) in [4.78, 5) is 22.4. The van der Waals surface area contributed by atoms with Crippen LogP contribution in [0.5, 0.6) is 0 Å². The van der Waals surface area contributed by atoms with Gasteiger partial charge in [0.05, 0.1) is 5.57 Å². The van der Waals surface area contributed by atoms with Crippen LogP contribution in [0.3, 0.4) is 0 Å². The summed E-state index contributed by atoms with van der Waals surface area (Å²) in [5, 5.41) is 0.777. The van der Waals surface area contributed by atoms with Gasteiger partial charge in [0.1, 0.15) is 5.82 Å². The fourth-order valence-corrected chi connectivity index (χ4v) is 5.48. The van der Waals surface area contributed by atoms with E-state index in [1.807, 2.05) is 35.2 Å². The molecule has 0 saturated carbocycles. The molecule has 0 aliphatic carbocycles. The van der Waals surface area contributed by atoms with E-state index in [0.29, 0.717) is 19.1 Å². The third kappa shape index (κ3) is 6.36. The average molecular weight is 509 g/mol. The van der Waals surface area contributed by atoms with Gasteiger partial charge in [-0.25, -0.2) is 4.39 Å². The normalized spacial score (nSPS) is 20.0. The minimum Gasteiger partial charge on any atom is -0.370 e. The Bertz CT molecular complexity index is 1090. The van der Waals surface area contributed by atoms with E-state index >= 15 is 0 Å². The second-order valence-electron chi connectivity index (χ2n) is 10.0. The first-order valence-electron chi connectivity index (χ1n) is 12.9. The summed E-state index contributed by atoms with van der Waals surface area (Å²) in [5.41, 5.74) is 3.19. The molecule has 190 valence electrons. The largest absolute Gasteiger partial charge is 0.370 e. The van der Waals surface area contributed by atoms with Crippen LogP contribution < -0.4 is 0 Å². The fourth-order valence-electron chi connectivity index (χ4n) is 5.35. The van der Waals surface area contributed by atoms with Crippen molar-refractivity contribution in [1.82, 2.24) is 19.6 Å². The minimum atomic E-state index is -0.208. The van der Waals surface area contributed by atoms with Crippen LogP contribution in [0.1, 0.15) is 24.0 Å². The Hall–Kier alpha value is -2.67. The van der Waals surface area contributed by atoms with Gasteiger partial charge in [-0.15, -0.1) is 0 Å². The van der Waals surface area contributed by atoms with Crippen LogP contribution in [0, 0.1) is 5.82 Å². The number of amides is 1. The van der Waals surface area contributed by atoms with E-state index in [4.69, 9.17) is 11.6 Å². The smallest absolute Gasteiger partial charge is 0.255 e. The fraction of sp³-hybridized carbons (Fsp3) is 0.414. The van der Waals surface area contributed by atoms with Crippen molar-refractivity contribution in [2.24, 2.45) is 0 Å². The molecule has 2 fully saturated rings. The van der Waals surface area contributed by atoms with Crippen LogP contribution in [-0.2, 0) is 17.9 Å². The molecule has 7 heteroatoms. The molecule has 0 aromatic heterocycles. The number of likely N-dealkylation sites (tertiary alicyclic amines) is 1. The van der Waals surface area contributed by atoms with Crippen molar-refractivity contribution < 1.29 is 9.18 Å². The molecule has 2 aromatic rings. The molecule has 0 bridgehead atoms. The number of benzene rings is 2. The molecule has 0 unspecified atom stereocenters. The lowest BCUT2D eigenvalue weighted by atomic mass is 10.0. The molecule has 5 rings (SSSR count). The number of piperazine rings is 1. The van der Waals surface area contributed by atoms with E-state index in [9.17, 15) is 9.18 Å². The molecule has 2 saturated heterocycles. The first-order valence-corrected chi connectivity index (χ1v) is 13.3. The molecule has 0 radical (unpaired) electrons. The molecule has 2 aromatic carbocycles. The first kappa shape index (κ1) is 25.0. The van der Waals surface area contributed by atoms with Gasteiger partial charge in [-0.3, -0.25) is 14.6 Å². The van der Waals surface area contributed by atoms with Crippen LogP contribution in [-0.4, -0.2) is 77.4 Å². The third-order valence-corrected chi connectivity index (χ3v) is 7.74. The SMILES string of the molecule is O=C(C1=CN(C2CCN(Cc3ccc(Cl)cc3)CC2)CC=C1)N1CCN(Cc2ccc(F)cc2)CC1. The highest BCUT2D eigenvalue weighted by molar-refractivity contribution is 6.30. The Balaban J connectivity index is 1.10. The zero-order valence-electron chi connectivity index (χ0n) is 20.7. The highest BCUT2D eigenvalue weighted by Gasteiger charge is 2.27. The van der Waals surface area contributed by atoms with Crippen molar-refractivity contribution in [3.63, 3.8) is 0 Å². The van der Waals surface area contributed by atoms with Crippen molar-refractivity contribution in [3.05, 3.63) is 94.4 Å². The lowest BCUT2D eigenvalue weighted by molar-refractivity contribution is -0.128. The van der Waals surface area contributed by atoms with Gasteiger partial charge in [-0.05, 0) is 48.2 Å². The van der Waals surface area contributed by atoms with E-state index in [2.05, 4.69) is 39.1 Å². The predicted molar refractivity (Wildman–Crippen MR) is 142 cm³/mol. The second kappa shape index (κ2) is 11.6. The number of halogens is 2. The molecule has 3 aliphatic heterocycles. The average Bonchev–Trinajstić information content (AvgIpc) is 2.92. The molecule has 5 nitrogen and oxygen atoms in total. The van der Waals surface area contributed by atoms with E-state index in [1.54, 1.807) is 0 Å². The Morgan fingerprint density at radius 3 is 2.06 bits per heavy atom. The number of piperidine rings is 1. The van der Waals surface area contributed by atoms with Crippen molar-refractivity contribution in [1.29, 1.82) is 0 Å². The van der Waals surface area contributed by atoms with Crippen molar-refractivity contribution in [2.45, 2.75) is 32.0 Å². The van der Waals surface area contributed by atoms with E-state index < -0.39 is 0 Å². The maximum atomic E-state index is 13.3. The number of rotatable bonds is 6. The van der Waals surface area contributed by atoms with Gasteiger partial charge in [0.15, 0.2) is 0 Å². The Labute approximate surface area is 218 Å². The van der Waals surface area contributed by atoms with E-state index in [0.717, 1.165) is 74.8 Å². The Morgan fingerprint density at radius 1 is 0.833 bits per heavy atom. The van der Waals surface area contributed by atoms with Gasteiger partial charge in [0.2, 0.25) is 0 Å². The monoisotopic (exact) mass is 508 g/mol. The Morgan fingerprint density at radius 2 is 1.42 bits per heavy atom. The number of carbonyl (C=O) groups excluding carboxylic acids is 1. The van der Waals surface area contributed by atoms with Crippen LogP contribution in [0.15, 0.2) is 72.5 Å². The zero-order valence-corrected chi connectivity index (χ0v) is 21.4. The quantitative estimate of drug-likeness (QED) is 0.573. The molecule has 36 heavy (non-hydrogen) atoms. The maximum Gasteiger partial charge on any atom is 0.255 e. The van der Waals surface area contributed by atoms with Crippen LogP contribution >= 0.6 is 11.6 Å². The summed E-state index contributed by atoms with van der Waals surface area (Å²) < 4.78 is 13.2. The molecule has 3 aliphatic rings. The maximum absolute atomic E-state index is 13.3. The molecule has 1 amide bonds. The van der Waals surface area contributed by atoms with Crippen LogP contribution in [0.2, 0.25) is 5.02 Å². The summed E-state index contributed by atoms with van der Waals surface area (Å²) >= 11 is 6.01. The van der Waals surface area contributed by atoms with Gasteiger partial charge in [-0.1, -0.05) is 48.0 Å². The van der Waals surface area contributed by atoms with Gasteiger partial charge in [0.25, 0.3) is 5.91 Å². The lowest BCUT2D eigenvalue weighted by Gasteiger charge is -2.39. The van der Waals surface area contributed by atoms with Crippen molar-refractivity contribution in [2.75, 3.05) is 45.8 Å². The second-order valence-corrected chi connectivity index (χ2v) is 10.4. The standard InChI is InChI=1S/C29H34ClFN4O/c30-26-7-3-23(4-8-26)20-32-14-11-28(12-15-32)35-13-1-2-25(22-35)29(36)34-18-16-33(17-19-34)21-24-5-9-27(31)10-6-24/h1-10,22,28H,11-21H2. The summed E-state index contributed by atoms with van der Waals surface area (Å²) in [6.45, 7) is 7.81. The van der Waals surface area contributed by atoms with Gasteiger partial charge < -0.3 is 9.80 Å². The summed E-state index contributed by atoms with van der Waals surface area (Å²) in [6, 6.07) is 15.3. The molecule has 0 atom stereocenters. The highest BCUT2D eigenvalue weighted by Crippen LogP contribution is 2.23. The molecule has 0 spiro atoms. The summed E-state index contributed by atoms with van der Waals surface area (Å²) in [5.74, 6) is -0.0851. The van der Waals surface area contributed by atoms with Crippen molar-refractivity contribution >= 4 is 17.5 Å². The molecule has 3 heterocycles. The zero-order chi connectivity index (χ0) is 24.9. The predicted octanol–water partition coefficient (Wildman–Crippen LogP) is 4.54. The van der Waals surface area contributed by atoms with Crippen LogP contribution in [0.25, 0.3) is 0 Å². The summed E-state index contributed by atoms with van der Waals surface area (Å²) in [7, 11) is 0. The summed E-state index contributed by atoms with van der Waals surface area (Å²) in [6.07, 6.45) is 8.40. The number of hydrogen-bond acceptors (Lipinski definition) is 4. The van der Waals surface area contributed by atoms with Gasteiger partial charge in [0, 0.05) is 76.2 Å². The number of hydrogen-bond donors (Lipinski definition) is 0. The Kier molecular flexibility index (Phi) is 8.05. The molecular weight excluding hydrogens is 475 g/mol. The number of carbonyl (C=O) groups is 1. The third-order valence-electron chi connectivity index (χ3n) is 7.49. The minimum absolute atomic E-state index is 0.123. The molecule has 0 N–H and O–H groups in total.